The minimum atomic E-state index is 0.0760. The van der Waals surface area contributed by atoms with E-state index in [0.29, 0.717) is 6.10 Å². The molecular formula is C16H23NO. The Hall–Kier alpha value is -0.860. The Balaban J connectivity index is 2.07. The van der Waals surface area contributed by atoms with Crippen molar-refractivity contribution >= 4 is 0 Å². The number of aryl methyl sites for hydroxylation is 2. The van der Waals surface area contributed by atoms with E-state index in [1.54, 1.807) is 0 Å². The summed E-state index contributed by atoms with van der Waals surface area (Å²) < 4.78 is 6.07. The van der Waals surface area contributed by atoms with Crippen LogP contribution in [0.3, 0.4) is 0 Å². The molecule has 2 nitrogen and oxygen atoms in total. The first kappa shape index (κ1) is 12.2. The van der Waals surface area contributed by atoms with Crippen LogP contribution in [0.15, 0.2) is 18.2 Å². The fourth-order valence-corrected chi connectivity index (χ4v) is 3.66. The molecule has 1 heterocycles. The van der Waals surface area contributed by atoms with Gasteiger partial charge >= 0.3 is 0 Å². The fraction of sp³-hybridized carbons (Fsp3) is 0.625. The van der Waals surface area contributed by atoms with Gasteiger partial charge in [0.1, 0.15) is 0 Å². The zero-order valence-electron chi connectivity index (χ0n) is 11.5. The summed E-state index contributed by atoms with van der Waals surface area (Å²) in [5.74, 6) is 0. The van der Waals surface area contributed by atoms with Crippen LogP contribution in [0.1, 0.15) is 42.4 Å². The minimum absolute atomic E-state index is 0.0760. The maximum Gasteiger partial charge on any atom is 0.0799 e. The van der Waals surface area contributed by atoms with Crippen molar-refractivity contribution in [2.45, 2.75) is 51.2 Å². The summed E-state index contributed by atoms with van der Waals surface area (Å²) in [7, 11) is 0. The molecule has 3 rings (SSSR count). The first-order chi connectivity index (χ1) is 8.72. The van der Waals surface area contributed by atoms with Gasteiger partial charge in [0, 0.05) is 6.54 Å². The van der Waals surface area contributed by atoms with Crippen molar-refractivity contribution in [2.75, 3.05) is 13.2 Å². The Morgan fingerprint density at radius 3 is 3.06 bits per heavy atom. The molecule has 2 fully saturated rings. The van der Waals surface area contributed by atoms with Crippen molar-refractivity contribution in [3.8, 4) is 0 Å². The van der Waals surface area contributed by atoms with Crippen LogP contribution in [-0.2, 0) is 10.3 Å². The van der Waals surface area contributed by atoms with Gasteiger partial charge in [-0.1, -0.05) is 36.6 Å². The lowest BCUT2D eigenvalue weighted by Gasteiger charge is -2.48. The second-order valence-corrected chi connectivity index (χ2v) is 5.82. The molecule has 0 aromatic heterocycles. The Labute approximate surface area is 110 Å². The SMILES string of the molecule is Cc1ccc(C)c(C23CCCCC2OCCN3)c1. The maximum absolute atomic E-state index is 6.07. The number of hydrogen-bond acceptors (Lipinski definition) is 2. The van der Waals surface area contributed by atoms with Gasteiger partial charge in [-0.15, -0.1) is 0 Å². The molecule has 1 aromatic carbocycles. The number of fused-ring (bicyclic) bond motifs is 1. The van der Waals surface area contributed by atoms with E-state index in [1.807, 2.05) is 0 Å². The third kappa shape index (κ3) is 1.88. The minimum Gasteiger partial charge on any atom is -0.375 e. The van der Waals surface area contributed by atoms with Crippen LogP contribution < -0.4 is 5.32 Å². The fourth-order valence-electron chi connectivity index (χ4n) is 3.66. The molecule has 1 saturated heterocycles. The molecule has 1 aliphatic carbocycles. The molecule has 0 amide bonds. The summed E-state index contributed by atoms with van der Waals surface area (Å²) in [6, 6.07) is 6.81. The number of benzene rings is 1. The van der Waals surface area contributed by atoms with Gasteiger partial charge in [0.25, 0.3) is 0 Å². The number of ether oxygens (including phenoxy) is 1. The van der Waals surface area contributed by atoms with Gasteiger partial charge in [-0.25, -0.2) is 0 Å². The average Bonchev–Trinajstić information content (AvgIpc) is 2.41. The van der Waals surface area contributed by atoms with Crippen molar-refractivity contribution < 1.29 is 4.74 Å². The normalized spacial score (nSPS) is 32.0. The highest BCUT2D eigenvalue weighted by atomic mass is 16.5. The molecule has 0 radical (unpaired) electrons. The molecule has 98 valence electrons. The zero-order valence-corrected chi connectivity index (χ0v) is 11.5. The monoisotopic (exact) mass is 245 g/mol. The third-order valence-corrected chi connectivity index (χ3v) is 4.57. The highest BCUT2D eigenvalue weighted by molar-refractivity contribution is 5.38. The molecule has 1 aliphatic heterocycles. The molecule has 2 atom stereocenters. The summed E-state index contributed by atoms with van der Waals surface area (Å²) >= 11 is 0. The van der Waals surface area contributed by atoms with Gasteiger partial charge in [0.05, 0.1) is 18.2 Å². The second-order valence-electron chi connectivity index (χ2n) is 5.82. The molecule has 1 N–H and O–H groups in total. The van der Waals surface area contributed by atoms with Crippen molar-refractivity contribution in [1.29, 1.82) is 0 Å². The van der Waals surface area contributed by atoms with Crippen LogP contribution in [-0.4, -0.2) is 19.3 Å². The number of rotatable bonds is 1. The number of morpholine rings is 1. The number of nitrogens with one attached hydrogen (secondary N) is 1. The molecule has 0 spiro atoms. The van der Waals surface area contributed by atoms with Gasteiger partial charge in [-0.2, -0.15) is 0 Å². The molecule has 18 heavy (non-hydrogen) atoms. The van der Waals surface area contributed by atoms with Crippen LogP contribution in [0.25, 0.3) is 0 Å². The maximum atomic E-state index is 6.07. The van der Waals surface area contributed by atoms with E-state index in [0.717, 1.165) is 13.2 Å². The van der Waals surface area contributed by atoms with Crippen molar-refractivity contribution in [3.05, 3.63) is 34.9 Å². The molecule has 2 heteroatoms. The molecule has 2 unspecified atom stereocenters. The molecular weight excluding hydrogens is 222 g/mol. The summed E-state index contributed by atoms with van der Waals surface area (Å²) in [6.45, 7) is 6.24. The summed E-state index contributed by atoms with van der Waals surface area (Å²) in [4.78, 5) is 0. The third-order valence-electron chi connectivity index (χ3n) is 4.57. The largest absolute Gasteiger partial charge is 0.375 e. The highest BCUT2D eigenvalue weighted by Crippen LogP contribution is 2.42. The molecule has 1 saturated carbocycles. The van der Waals surface area contributed by atoms with E-state index in [1.165, 1.54) is 42.4 Å². The van der Waals surface area contributed by atoms with Crippen LogP contribution in [0.5, 0.6) is 0 Å². The summed E-state index contributed by atoms with van der Waals surface area (Å²) in [6.07, 6.45) is 5.38. The van der Waals surface area contributed by atoms with Crippen molar-refractivity contribution in [2.24, 2.45) is 0 Å². The molecule has 1 aromatic rings. The van der Waals surface area contributed by atoms with Gasteiger partial charge in [0.2, 0.25) is 0 Å². The Kier molecular flexibility index (Phi) is 3.16. The second kappa shape index (κ2) is 4.67. The first-order valence-corrected chi connectivity index (χ1v) is 7.17. The van der Waals surface area contributed by atoms with Gasteiger partial charge in [0.15, 0.2) is 0 Å². The smallest absolute Gasteiger partial charge is 0.0799 e. The van der Waals surface area contributed by atoms with Crippen molar-refractivity contribution in [1.82, 2.24) is 5.32 Å². The van der Waals surface area contributed by atoms with Crippen LogP contribution in [0, 0.1) is 13.8 Å². The lowest BCUT2D eigenvalue weighted by Crippen LogP contribution is -2.59. The van der Waals surface area contributed by atoms with E-state index in [4.69, 9.17) is 4.74 Å². The highest BCUT2D eigenvalue weighted by Gasteiger charge is 2.45. The van der Waals surface area contributed by atoms with Crippen LogP contribution >= 0.6 is 0 Å². The van der Waals surface area contributed by atoms with Crippen LogP contribution in [0.4, 0.5) is 0 Å². The Morgan fingerprint density at radius 2 is 2.17 bits per heavy atom. The molecule has 2 aliphatic rings. The van der Waals surface area contributed by atoms with Crippen molar-refractivity contribution in [3.63, 3.8) is 0 Å². The quantitative estimate of drug-likeness (QED) is 0.821. The first-order valence-electron chi connectivity index (χ1n) is 7.17. The summed E-state index contributed by atoms with van der Waals surface area (Å²) in [5, 5.41) is 3.79. The van der Waals surface area contributed by atoms with E-state index >= 15 is 0 Å². The Bertz CT molecular complexity index is 429. The van der Waals surface area contributed by atoms with E-state index in [-0.39, 0.29) is 5.54 Å². The Morgan fingerprint density at radius 1 is 1.28 bits per heavy atom. The zero-order chi connectivity index (χ0) is 12.6. The van der Waals surface area contributed by atoms with Crippen LogP contribution in [0.2, 0.25) is 0 Å². The van der Waals surface area contributed by atoms with Gasteiger partial charge in [-0.3, -0.25) is 0 Å². The predicted octanol–water partition coefficient (Wildman–Crippen LogP) is 3.06. The van der Waals surface area contributed by atoms with E-state index in [2.05, 4.69) is 37.4 Å². The molecule has 0 bridgehead atoms. The predicted molar refractivity (Wildman–Crippen MR) is 73.8 cm³/mol. The average molecular weight is 245 g/mol. The topological polar surface area (TPSA) is 21.3 Å². The lowest BCUT2D eigenvalue weighted by molar-refractivity contribution is -0.0758. The van der Waals surface area contributed by atoms with E-state index in [9.17, 15) is 0 Å². The number of hydrogen-bond donors (Lipinski definition) is 1. The standard InChI is InChI=1S/C16H23NO/c1-12-6-7-13(2)14(11-12)16-8-4-3-5-15(16)18-10-9-17-16/h6-7,11,15,17H,3-5,8-10H2,1-2H3. The lowest BCUT2D eigenvalue weighted by atomic mass is 9.72. The summed E-state index contributed by atoms with van der Waals surface area (Å²) in [5.41, 5.74) is 4.28. The van der Waals surface area contributed by atoms with E-state index < -0.39 is 0 Å². The van der Waals surface area contributed by atoms with Gasteiger partial charge in [-0.05, 0) is 37.8 Å². The van der Waals surface area contributed by atoms with Gasteiger partial charge < -0.3 is 10.1 Å².